The van der Waals surface area contributed by atoms with Crippen molar-refractivity contribution in [2.75, 3.05) is 0 Å². The lowest BCUT2D eigenvalue weighted by Crippen LogP contribution is -2.01. The van der Waals surface area contributed by atoms with Crippen LogP contribution < -0.4 is 4.74 Å². The molecule has 2 rings (SSSR count). The first-order valence-corrected chi connectivity index (χ1v) is 6.72. The lowest BCUT2D eigenvalue weighted by Gasteiger charge is -2.10. The molecule has 0 saturated carbocycles. The van der Waals surface area contributed by atoms with E-state index in [1.807, 2.05) is 0 Å². The number of hydrogen-bond acceptors (Lipinski definition) is 2. The van der Waals surface area contributed by atoms with Gasteiger partial charge in [0.05, 0.1) is 4.47 Å². The molecule has 3 nitrogen and oxygen atoms in total. The van der Waals surface area contributed by atoms with Crippen LogP contribution in [0.5, 0.6) is 11.5 Å². The van der Waals surface area contributed by atoms with E-state index in [1.165, 1.54) is 18.2 Å². The summed E-state index contributed by atoms with van der Waals surface area (Å²) in [4.78, 5) is 11.2. The zero-order valence-corrected chi connectivity index (χ0v) is 12.5. The second-order valence-corrected chi connectivity index (χ2v) is 5.30. The Balaban J connectivity index is 2.40. The molecular weight excluding hydrogens is 383 g/mol. The van der Waals surface area contributed by atoms with Crippen LogP contribution in [0, 0.1) is 5.82 Å². The summed E-state index contributed by atoms with van der Waals surface area (Å²) in [6.45, 7) is 0. The van der Waals surface area contributed by atoms with Gasteiger partial charge < -0.3 is 9.84 Å². The summed E-state index contributed by atoms with van der Waals surface area (Å²) < 4.78 is 19.5. The highest BCUT2D eigenvalue weighted by atomic mass is 79.9. The zero-order valence-electron chi connectivity index (χ0n) is 9.36. The number of hydrogen-bond donors (Lipinski definition) is 1. The van der Waals surface area contributed by atoms with Gasteiger partial charge in [-0.15, -0.1) is 0 Å². The van der Waals surface area contributed by atoms with Crippen molar-refractivity contribution in [3.05, 3.63) is 56.7 Å². The molecule has 0 radical (unpaired) electrons. The second kappa shape index (κ2) is 5.71. The number of rotatable bonds is 3. The van der Waals surface area contributed by atoms with Gasteiger partial charge >= 0.3 is 5.97 Å². The number of halogens is 3. The van der Waals surface area contributed by atoms with Crippen LogP contribution in [0.3, 0.4) is 0 Å². The van der Waals surface area contributed by atoms with E-state index in [-0.39, 0.29) is 17.1 Å². The van der Waals surface area contributed by atoms with Crippen molar-refractivity contribution in [1.82, 2.24) is 0 Å². The van der Waals surface area contributed by atoms with Crippen LogP contribution in [0.4, 0.5) is 4.39 Å². The highest BCUT2D eigenvalue weighted by Crippen LogP contribution is 2.31. The van der Waals surface area contributed by atoms with Crippen LogP contribution in [-0.4, -0.2) is 11.1 Å². The highest BCUT2D eigenvalue weighted by Gasteiger charge is 2.16. The Morgan fingerprint density at radius 3 is 2.53 bits per heavy atom. The maximum Gasteiger partial charge on any atom is 0.340 e. The summed E-state index contributed by atoms with van der Waals surface area (Å²) in [6.07, 6.45) is 0. The van der Waals surface area contributed by atoms with Gasteiger partial charge in [0.25, 0.3) is 0 Å². The molecule has 0 aliphatic heterocycles. The van der Waals surface area contributed by atoms with Crippen molar-refractivity contribution in [1.29, 1.82) is 0 Å². The van der Waals surface area contributed by atoms with Crippen LogP contribution in [0.25, 0.3) is 0 Å². The summed E-state index contributed by atoms with van der Waals surface area (Å²) in [5.41, 5.74) is -0.00849. The van der Waals surface area contributed by atoms with E-state index >= 15 is 0 Å². The third kappa shape index (κ3) is 3.13. The molecule has 0 aromatic heterocycles. The fraction of sp³-hybridized carbons (Fsp3) is 0. The summed E-state index contributed by atoms with van der Waals surface area (Å²) in [5, 5.41) is 9.13. The molecule has 98 valence electrons. The Morgan fingerprint density at radius 1 is 1.16 bits per heavy atom. The Hall–Kier alpha value is -1.40. The maximum absolute atomic E-state index is 13.4. The van der Waals surface area contributed by atoms with Gasteiger partial charge in [-0.3, -0.25) is 0 Å². The quantitative estimate of drug-likeness (QED) is 0.816. The molecule has 0 aliphatic rings. The van der Waals surface area contributed by atoms with Crippen LogP contribution in [0.15, 0.2) is 45.3 Å². The third-order valence-electron chi connectivity index (χ3n) is 2.31. The fourth-order valence-electron chi connectivity index (χ4n) is 1.46. The number of carboxylic acids is 1. The van der Waals surface area contributed by atoms with Gasteiger partial charge in [-0.25, -0.2) is 9.18 Å². The van der Waals surface area contributed by atoms with Gasteiger partial charge in [0.2, 0.25) is 0 Å². The molecule has 0 bridgehead atoms. The van der Waals surface area contributed by atoms with E-state index in [0.717, 1.165) is 0 Å². The van der Waals surface area contributed by atoms with Crippen molar-refractivity contribution >= 4 is 37.8 Å². The first-order chi connectivity index (χ1) is 8.99. The topological polar surface area (TPSA) is 46.5 Å². The van der Waals surface area contributed by atoms with Crippen LogP contribution in [-0.2, 0) is 0 Å². The minimum atomic E-state index is -1.12. The van der Waals surface area contributed by atoms with E-state index in [0.29, 0.717) is 8.95 Å². The van der Waals surface area contributed by atoms with E-state index < -0.39 is 11.8 Å². The van der Waals surface area contributed by atoms with Crippen LogP contribution in [0.2, 0.25) is 0 Å². The Labute approximate surface area is 125 Å². The number of aromatic carboxylic acids is 1. The molecule has 0 amide bonds. The summed E-state index contributed by atoms with van der Waals surface area (Å²) >= 11 is 6.18. The Kier molecular flexibility index (Phi) is 4.21. The minimum absolute atomic E-state index is 0.00849. The van der Waals surface area contributed by atoms with Gasteiger partial charge in [-0.1, -0.05) is 6.07 Å². The first-order valence-electron chi connectivity index (χ1n) is 5.13. The van der Waals surface area contributed by atoms with E-state index in [4.69, 9.17) is 9.84 Å². The smallest absolute Gasteiger partial charge is 0.340 e. The van der Waals surface area contributed by atoms with Crippen molar-refractivity contribution in [3.8, 4) is 11.5 Å². The van der Waals surface area contributed by atoms with Crippen molar-refractivity contribution < 1.29 is 19.0 Å². The molecule has 0 saturated heterocycles. The average Bonchev–Trinajstić information content (AvgIpc) is 2.33. The number of ether oxygens (including phenoxy) is 1. The lowest BCUT2D eigenvalue weighted by molar-refractivity contribution is 0.0693. The van der Waals surface area contributed by atoms with Gasteiger partial charge in [-0.05, 0) is 56.1 Å². The molecule has 1 N–H and O–H groups in total. The van der Waals surface area contributed by atoms with Gasteiger partial charge in [0.15, 0.2) is 0 Å². The Morgan fingerprint density at radius 2 is 1.89 bits per heavy atom. The highest BCUT2D eigenvalue weighted by molar-refractivity contribution is 9.10. The standard InChI is InChI=1S/C13H7Br2FO3/c14-8-5-4-7(6-10(8)16)19-11-3-1-2-9(15)12(11)13(17)18/h1-6H,(H,17,18). The maximum atomic E-state index is 13.4. The predicted molar refractivity (Wildman–Crippen MR) is 75.3 cm³/mol. The molecule has 2 aromatic rings. The molecule has 6 heteroatoms. The third-order valence-corrected chi connectivity index (χ3v) is 3.61. The molecule has 0 fully saturated rings. The van der Waals surface area contributed by atoms with Crippen LogP contribution >= 0.6 is 31.9 Å². The molecule has 0 heterocycles. The van der Waals surface area contributed by atoms with Crippen LogP contribution in [0.1, 0.15) is 10.4 Å². The fourth-order valence-corrected chi connectivity index (χ4v) is 2.23. The zero-order chi connectivity index (χ0) is 14.0. The first kappa shape index (κ1) is 14.0. The Bertz CT molecular complexity index is 644. The SMILES string of the molecule is O=C(O)c1c(Br)cccc1Oc1ccc(Br)c(F)c1. The van der Waals surface area contributed by atoms with Gasteiger partial charge in [0, 0.05) is 10.5 Å². The largest absolute Gasteiger partial charge is 0.478 e. The van der Waals surface area contributed by atoms with Gasteiger partial charge in [0.1, 0.15) is 22.9 Å². The monoisotopic (exact) mass is 388 g/mol. The molecule has 0 atom stereocenters. The van der Waals surface area contributed by atoms with Crippen molar-refractivity contribution in [2.24, 2.45) is 0 Å². The summed E-state index contributed by atoms with van der Waals surface area (Å²) in [6, 6.07) is 8.95. The molecule has 0 aliphatic carbocycles. The summed E-state index contributed by atoms with van der Waals surface area (Å²) in [5.74, 6) is -1.24. The normalized spacial score (nSPS) is 10.3. The van der Waals surface area contributed by atoms with E-state index in [1.54, 1.807) is 18.2 Å². The predicted octanol–water partition coefficient (Wildman–Crippen LogP) is 4.84. The number of carboxylic acid groups (broad SMARTS) is 1. The molecule has 0 unspecified atom stereocenters. The minimum Gasteiger partial charge on any atom is -0.478 e. The number of benzene rings is 2. The average molecular weight is 390 g/mol. The van der Waals surface area contributed by atoms with E-state index in [2.05, 4.69) is 31.9 Å². The van der Waals surface area contributed by atoms with E-state index in [9.17, 15) is 9.18 Å². The molecule has 19 heavy (non-hydrogen) atoms. The summed E-state index contributed by atoms with van der Waals surface area (Å²) in [7, 11) is 0. The lowest BCUT2D eigenvalue weighted by atomic mass is 10.2. The number of carbonyl (C=O) groups is 1. The van der Waals surface area contributed by atoms with Gasteiger partial charge in [-0.2, -0.15) is 0 Å². The molecule has 0 spiro atoms. The van der Waals surface area contributed by atoms with Crippen molar-refractivity contribution in [3.63, 3.8) is 0 Å². The second-order valence-electron chi connectivity index (χ2n) is 3.60. The molecule has 2 aromatic carbocycles. The molecular formula is C13H7Br2FO3. The van der Waals surface area contributed by atoms with Crippen molar-refractivity contribution in [2.45, 2.75) is 0 Å².